The first-order chi connectivity index (χ1) is 12.7. The number of nitrogens with one attached hydrogen (secondary N) is 2. The second-order valence-electron chi connectivity index (χ2n) is 6.09. The lowest BCUT2D eigenvalue weighted by Crippen LogP contribution is -2.46. The molecule has 1 amide bonds. The summed E-state index contributed by atoms with van der Waals surface area (Å²) < 4.78 is 52.7. The summed E-state index contributed by atoms with van der Waals surface area (Å²) in [4.78, 5) is 16.9. The number of halogens is 4. The largest absolute Gasteiger partial charge is 0.436 e. The van der Waals surface area contributed by atoms with E-state index in [1.165, 1.54) is 4.90 Å². The van der Waals surface area contributed by atoms with E-state index < -0.39 is 35.2 Å². The molecule has 1 aliphatic rings. The van der Waals surface area contributed by atoms with Crippen LogP contribution < -0.4 is 11.1 Å². The maximum atomic E-state index is 14.2. The highest BCUT2D eigenvalue weighted by Crippen LogP contribution is 2.31. The van der Waals surface area contributed by atoms with Crippen molar-refractivity contribution in [1.29, 1.82) is 0 Å². The van der Waals surface area contributed by atoms with Crippen LogP contribution in [-0.2, 0) is 6.18 Å². The molecule has 0 aliphatic carbocycles. The number of H-pyrrole nitrogens is 1. The molecule has 0 aromatic carbocycles. The first-order valence-corrected chi connectivity index (χ1v) is 7.95. The van der Waals surface area contributed by atoms with Gasteiger partial charge in [0.05, 0.1) is 12.1 Å². The molecular formula is C16H16F4N6O. The smallest absolute Gasteiger partial charge is 0.399 e. The molecule has 1 atom stereocenters. The summed E-state index contributed by atoms with van der Waals surface area (Å²) in [5, 5.41) is 9.61. The van der Waals surface area contributed by atoms with Crippen LogP contribution in [0.5, 0.6) is 0 Å². The van der Waals surface area contributed by atoms with E-state index in [9.17, 15) is 22.4 Å². The van der Waals surface area contributed by atoms with E-state index in [0.717, 1.165) is 12.3 Å². The van der Waals surface area contributed by atoms with Crippen molar-refractivity contribution in [3.8, 4) is 0 Å². The normalized spacial score (nSPS) is 18.0. The van der Waals surface area contributed by atoms with Crippen molar-refractivity contribution in [2.45, 2.75) is 25.6 Å². The fourth-order valence-corrected chi connectivity index (χ4v) is 2.82. The maximum absolute atomic E-state index is 14.2. The molecule has 144 valence electrons. The van der Waals surface area contributed by atoms with E-state index in [2.05, 4.69) is 20.5 Å². The van der Waals surface area contributed by atoms with E-state index in [1.54, 1.807) is 19.2 Å². The van der Waals surface area contributed by atoms with Crippen LogP contribution in [0.3, 0.4) is 0 Å². The molecule has 1 unspecified atom stereocenters. The van der Waals surface area contributed by atoms with E-state index in [4.69, 9.17) is 5.73 Å². The van der Waals surface area contributed by atoms with Crippen molar-refractivity contribution in [2.24, 2.45) is 5.73 Å². The number of rotatable bonds is 3. The van der Waals surface area contributed by atoms with Gasteiger partial charge in [-0.05, 0) is 13.0 Å². The highest BCUT2D eigenvalue weighted by Gasteiger charge is 2.39. The molecule has 7 nitrogen and oxygen atoms in total. The quantitative estimate of drug-likeness (QED) is 0.706. The van der Waals surface area contributed by atoms with Crippen LogP contribution >= 0.6 is 0 Å². The van der Waals surface area contributed by atoms with E-state index >= 15 is 0 Å². The number of nitrogens with zero attached hydrogens (tertiary/aromatic N) is 3. The number of amides is 1. The summed E-state index contributed by atoms with van der Waals surface area (Å²) in [5.41, 5.74) is 4.54. The van der Waals surface area contributed by atoms with Gasteiger partial charge in [0.1, 0.15) is 0 Å². The maximum Gasteiger partial charge on any atom is 0.436 e. The Kier molecular flexibility index (Phi) is 4.77. The summed E-state index contributed by atoms with van der Waals surface area (Å²) in [6.45, 7) is 1.64. The zero-order valence-electron chi connectivity index (χ0n) is 14.1. The molecule has 0 saturated carbocycles. The Labute approximate surface area is 151 Å². The predicted molar refractivity (Wildman–Crippen MR) is 87.7 cm³/mol. The molecule has 11 heteroatoms. The highest BCUT2D eigenvalue weighted by atomic mass is 19.4. The van der Waals surface area contributed by atoms with Crippen LogP contribution in [0.25, 0.3) is 0 Å². The fourth-order valence-electron chi connectivity index (χ4n) is 2.82. The molecule has 0 saturated heterocycles. The van der Waals surface area contributed by atoms with Crippen LogP contribution in [0.4, 0.5) is 23.4 Å². The van der Waals surface area contributed by atoms with Crippen molar-refractivity contribution in [2.75, 3.05) is 11.9 Å². The van der Waals surface area contributed by atoms with Crippen LogP contribution in [0, 0.1) is 5.82 Å². The summed E-state index contributed by atoms with van der Waals surface area (Å²) >= 11 is 0. The lowest BCUT2D eigenvalue weighted by atomic mass is 10.0. The van der Waals surface area contributed by atoms with Gasteiger partial charge in [-0.1, -0.05) is 0 Å². The Balaban J connectivity index is 1.85. The summed E-state index contributed by atoms with van der Waals surface area (Å²) in [5.74, 6) is -2.03. The molecule has 0 fully saturated rings. The second-order valence-corrected chi connectivity index (χ2v) is 6.09. The van der Waals surface area contributed by atoms with Crippen molar-refractivity contribution in [3.05, 3.63) is 53.0 Å². The Hall–Kier alpha value is -3.11. The average molecular weight is 384 g/mol. The highest BCUT2D eigenvalue weighted by molar-refractivity contribution is 5.95. The zero-order valence-corrected chi connectivity index (χ0v) is 14.1. The minimum Gasteiger partial charge on any atom is -0.399 e. The molecule has 0 bridgehead atoms. The fraction of sp³-hybridized carbons (Fsp3) is 0.312. The van der Waals surface area contributed by atoms with Gasteiger partial charge < -0.3 is 16.0 Å². The first-order valence-electron chi connectivity index (χ1n) is 7.95. The number of aromatic amines is 1. The number of carbonyl (C=O) groups excluding carboxylic acids is 1. The molecule has 2 aromatic rings. The Morgan fingerprint density at radius 2 is 2.15 bits per heavy atom. The van der Waals surface area contributed by atoms with Gasteiger partial charge >= 0.3 is 6.18 Å². The van der Waals surface area contributed by atoms with Gasteiger partial charge in [0.25, 0.3) is 5.91 Å². The number of hydrogen-bond donors (Lipinski definition) is 3. The summed E-state index contributed by atoms with van der Waals surface area (Å²) in [6, 6.07) is 2.19. The monoisotopic (exact) mass is 384 g/mol. The van der Waals surface area contributed by atoms with Crippen molar-refractivity contribution in [1.82, 2.24) is 20.1 Å². The number of alkyl halides is 3. The van der Waals surface area contributed by atoms with Gasteiger partial charge in [0.2, 0.25) is 0 Å². The third-order valence-electron chi connectivity index (χ3n) is 4.19. The number of carbonyl (C=O) groups is 1. The van der Waals surface area contributed by atoms with Crippen LogP contribution in [0.2, 0.25) is 0 Å². The number of nitrogens with two attached hydrogens (primary N) is 1. The number of hydrogen-bond acceptors (Lipinski definition) is 5. The molecule has 2 aromatic heterocycles. The topological polar surface area (TPSA) is 99.9 Å². The lowest BCUT2D eigenvalue weighted by molar-refractivity contribution is -0.143. The molecule has 1 aliphatic heterocycles. The third kappa shape index (κ3) is 3.71. The van der Waals surface area contributed by atoms with Crippen LogP contribution in [-0.4, -0.2) is 38.6 Å². The molecule has 0 spiro atoms. The lowest BCUT2D eigenvalue weighted by Gasteiger charge is -2.35. The van der Waals surface area contributed by atoms with Crippen molar-refractivity contribution >= 4 is 11.7 Å². The molecule has 3 rings (SSSR count). The van der Waals surface area contributed by atoms with Gasteiger partial charge in [-0.15, -0.1) is 0 Å². The average Bonchev–Trinajstić information content (AvgIpc) is 3.09. The number of pyridine rings is 1. The second kappa shape index (κ2) is 6.89. The first kappa shape index (κ1) is 18.7. The zero-order chi connectivity index (χ0) is 19.8. The summed E-state index contributed by atoms with van der Waals surface area (Å²) in [6.07, 6.45) is -2.31. The molecule has 4 N–H and O–H groups in total. The Bertz CT molecular complexity index is 878. The van der Waals surface area contributed by atoms with Crippen molar-refractivity contribution in [3.63, 3.8) is 0 Å². The van der Waals surface area contributed by atoms with E-state index in [-0.39, 0.29) is 6.54 Å². The predicted octanol–water partition coefficient (Wildman–Crippen LogP) is 2.48. The molecule has 3 heterocycles. The summed E-state index contributed by atoms with van der Waals surface area (Å²) in [7, 11) is 0. The molecule has 27 heavy (non-hydrogen) atoms. The Morgan fingerprint density at radius 1 is 1.41 bits per heavy atom. The Morgan fingerprint density at radius 3 is 2.78 bits per heavy atom. The van der Waals surface area contributed by atoms with E-state index in [0.29, 0.717) is 23.6 Å². The minimum atomic E-state index is -4.99. The van der Waals surface area contributed by atoms with Gasteiger partial charge in [-0.25, -0.2) is 9.37 Å². The van der Waals surface area contributed by atoms with Crippen LogP contribution in [0.15, 0.2) is 35.9 Å². The third-order valence-corrected chi connectivity index (χ3v) is 4.19. The van der Waals surface area contributed by atoms with Crippen molar-refractivity contribution < 1.29 is 22.4 Å². The van der Waals surface area contributed by atoms with Gasteiger partial charge in [-0.3, -0.25) is 9.89 Å². The van der Waals surface area contributed by atoms with Gasteiger partial charge in [-0.2, -0.15) is 18.3 Å². The van der Waals surface area contributed by atoms with Gasteiger partial charge in [0.15, 0.2) is 17.3 Å². The SMILES string of the molecule is CC1CC(Nc2cc[nH]n2)=C(N)CN1C(=O)c1ccnc(C(F)(F)F)c1F. The molecule has 0 radical (unpaired) electrons. The number of anilines is 1. The van der Waals surface area contributed by atoms with E-state index in [1.807, 2.05) is 0 Å². The standard InChI is InChI=1S/C16H16F4N6O/c1-8-6-11(24-12-3-5-23-25-12)10(21)7-26(8)15(27)9-2-4-22-14(13(9)17)16(18,19)20/h2-5,8H,6-7,21H2,1H3,(H2,23,24,25). The van der Waals surface area contributed by atoms with Crippen LogP contribution in [0.1, 0.15) is 29.4 Å². The minimum absolute atomic E-state index is 0.0597. The molecular weight excluding hydrogens is 368 g/mol. The number of aromatic nitrogens is 3. The van der Waals surface area contributed by atoms with Gasteiger partial charge in [0, 0.05) is 42.3 Å².